The monoisotopic (exact) mass is 1040 g/mol. The molecule has 382 valence electrons. The first-order valence-electron chi connectivity index (χ1n) is 21.8. The first-order chi connectivity index (χ1) is 31.9. The molecule has 2 aromatic heterocycles. The summed E-state index contributed by atoms with van der Waals surface area (Å²) in [5.74, 6) is -0.180. The Labute approximate surface area is 396 Å². The van der Waals surface area contributed by atoms with Crippen molar-refractivity contribution in [1.82, 2.24) is 30.2 Å². The van der Waals surface area contributed by atoms with Gasteiger partial charge in [0, 0.05) is 43.0 Å². The number of amides is 2. The number of phosphoric ester groups is 3. The van der Waals surface area contributed by atoms with Gasteiger partial charge in [-0.15, -0.1) is 0 Å². The van der Waals surface area contributed by atoms with Crippen LogP contribution in [0.25, 0.3) is 11.2 Å². The number of thioether (sulfide) groups is 1. The van der Waals surface area contributed by atoms with Crippen molar-refractivity contribution >= 4 is 74.9 Å². The molecule has 0 bridgehead atoms. The number of aliphatic hydroxyl groups is 2. The van der Waals surface area contributed by atoms with Crippen LogP contribution in [-0.2, 0) is 55.5 Å². The van der Waals surface area contributed by atoms with E-state index in [0.29, 0.717) is 23.9 Å². The number of unbranched alkanes of at least 4 members (excludes halogenated alkanes) is 3. The Morgan fingerprint density at radius 2 is 1.76 bits per heavy atom. The van der Waals surface area contributed by atoms with Gasteiger partial charge in [0.15, 0.2) is 17.7 Å². The standard InChI is InChI=1S/C39H62N7O18P3S/c1-4-5-9-13-26-25(15-16-27(26)47)12-10-7-6-8-11-14-30(49)68-20-19-41-29(48)17-18-42-37(52)34(51)39(2,3)22-61-67(58,59)64-66(56,57)60-21-28-33(63-65(53,54)55)32(50)38(62-28)46-24-45-31-35(40)43-23-44-36(31)46/h5,9,11,14,23-26,28,32-34,38,50-51H,4,6-8,10,12-13,15-22H2,1-3H3,(H,41,48)(H,42,52)(H,56,57)(H,58,59)(H2,40,43,44)(H2,53,54,55)/t25?,26-,28+,32?,33-,34-,38+/m0/s1. The molecular weight excluding hydrogens is 979 g/mol. The highest BCUT2D eigenvalue weighted by Crippen LogP contribution is 2.61. The highest BCUT2D eigenvalue weighted by molar-refractivity contribution is 8.14. The number of phosphoric acid groups is 3. The van der Waals surface area contributed by atoms with E-state index in [1.807, 2.05) is 6.08 Å². The Balaban J connectivity index is 1.11. The number of rotatable bonds is 29. The van der Waals surface area contributed by atoms with Gasteiger partial charge in [0.25, 0.3) is 0 Å². The zero-order chi connectivity index (χ0) is 50.3. The van der Waals surface area contributed by atoms with Crippen LogP contribution in [0.4, 0.5) is 5.82 Å². The number of ketones is 1. The summed E-state index contributed by atoms with van der Waals surface area (Å²) < 4.78 is 62.4. The first-order valence-corrected chi connectivity index (χ1v) is 27.3. The van der Waals surface area contributed by atoms with Crippen LogP contribution in [0, 0.1) is 17.3 Å². The van der Waals surface area contributed by atoms with Crippen molar-refractivity contribution < 1.29 is 85.3 Å². The topological polar surface area (TPSA) is 381 Å². The van der Waals surface area contributed by atoms with Crippen LogP contribution in [0.2, 0.25) is 0 Å². The minimum atomic E-state index is -5.59. The van der Waals surface area contributed by atoms with Gasteiger partial charge in [-0.2, -0.15) is 4.31 Å². The van der Waals surface area contributed by atoms with E-state index in [9.17, 15) is 62.7 Å². The molecule has 0 radical (unpaired) electrons. The van der Waals surface area contributed by atoms with E-state index < -0.39 is 84.6 Å². The number of allylic oxidation sites excluding steroid dienone is 3. The molecule has 9 atom stereocenters. The molecule has 2 amide bonds. The summed E-state index contributed by atoms with van der Waals surface area (Å²) in [7, 11) is -16.4. The molecule has 68 heavy (non-hydrogen) atoms. The van der Waals surface area contributed by atoms with E-state index in [0.717, 1.165) is 80.4 Å². The number of ether oxygens (including phenoxy) is 1. The van der Waals surface area contributed by atoms with E-state index in [1.54, 1.807) is 0 Å². The number of nitrogens with two attached hydrogens (primary N) is 1. The summed E-state index contributed by atoms with van der Waals surface area (Å²) >= 11 is 1.04. The van der Waals surface area contributed by atoms with Crippen molar-refractivity contribution in [2.45, 2.75) is 116 Å². The van der Waals surface area contributed by atoms with Gasteiger partial charge in [-0.1, -0.05) is 63.6 Å². The summed E-state index contributed by atoms with van der Waals surface area (Å²) in [4.78, 5) is 101. The van der Waals surface area contributed by atoms with Crippen LogP contribution in [-0.4, -0.2) is 128 Å². The molecule has 10 N–H and O–H groups in total. The predicted octanol–water partition coefficient (Wildman–Crippen LogP) is 3.12. The number of nitrogens with one attached hydrogen (secondary N) is 2. The molecule has 25 nitrogen and oxygen atoms in total. The van der Waals surface area contributed by atoms with E-state index >= 15 is 0 Å². The van der Waals surface area contributed by atoms with Crippen LogP contribution >= 0.6 is 35.2 Å². The minimum absolute atomic E-state index is 0.0276. The second kappa shape index (κ2) is 26.2. The average Bonchev–Trinajstić information content (AvgIpc) is 3.94. The molecule has 1 aliphatic heterocycles. The summed E-state index contributed by atoms with van der Waals surface area (Å²) in [6.07, 6.45) is 8.88. The SMILES string of the molecule is CCC=CC[C@@H]1C(=O)CCC1CCCCCC=CC(=O)SCCNC(=O)CCNC(=O)[C@H](O)C(C)(C)COP(=O)(O)OP(=O)(O)OC[C@H]1O[C@@H](n2cnc3c(N)ncnc32)C(O)[C@H]1OP(=O)(O)O. The number of aromatic nitrogens is 4. The maximum Gasteiger partial charge on any atom is 0.481 e. The van der Waals surface area contributed by atoms with Gasteiger partial charge < -0.3 is 50.9 Å². The predicted molar refractivity (Wildman–Crippen MR) is 245 cm³/mol. The molecule has 4 unspecified atom stereocenters. The van der Waals surface area contributed by atoms with Gasteiger partial charge in [-0.05, 0) is 50.5 Å². The molecule has 1 saturated carbocycles. The number of fused-ring (bicyclic) bond motifs is 1. The fraction of sp³-hybridized carbons (Fsp3) is 0.667. The maximum absolute atomic E-state index is 12.7. The number of hydrogen-bond donors (Lipinski definition) is 9. The summed E-state index contributed by atoms with van der Waals surface area (Å²) in [5.41, 5.74) is 4.26. The van der Waals surface area contributed by atoms with Crippen molar-refractivity contribution in [3.05, 3.63) is 37.0 Å². The number of Topliss-reactive ketones (excluding diaryl/α,β-unsaturated/α-hetero) is 1. The van der Waals surface area contributed by atoms with Crippen molar-refractivity contribution in [2.24, 2.45) is 17.3 Å². The van der Waals surface area contributed by atoms with Gasteiger partial charge in [-0.25, -0.2) is 28.6 Å². The first kappa shape index (κ1) is 57.3. The normalized spacial score (nSPS) is 23.6. The third-order valence-electron chi connectivity index (χ3n) is 11.0. The lowest BCUT2D eigenvalue weighted by Crippen LogP contribution is -2.46. The largest absolute Gasteiger partial charge is 0.481 e. The Bertz CT molecular complexity index is 2240. The van der Waals surface area contributed by atoms with Crippen LogP contribution in [0.15, 0.2) is 37.0 Å². The summed E-state index contributed by atoms with van der Waals surface area (Å²) in [6, 6.07) is 0. The molecule has 4 rings (SSSR count). The molecular formula is C39H62N7O18P3S. The molecule has 1 aliphatic carbocycles. The fourth-order valence-corrected chi connectivity index (χ4v) is 10.8. The van der Waals surface area contributed by atoms with Crippen molar-refractivity contribution in [3.63, 3.8) is 0 Å². The number of nitrogens with zero attached hydrogens (tertiary/aromatic N) is 4. The third kappa shape index (κ3) is 18.1. The van der Waals surface area contributed by atoms with Crippen molar-refractivity contribution in [2.75, 3.05) is 37.8 Å². The van der Waals surface area contributed by atoms with E-state index in [1.165, 1.54) is 19.9 Å². The highest BCUT2D eigenvalue weighted by Gasteiger charge is 2.50. The van der Waals surface area contributed by atoms with Crippen LogP contribution in [0.5, 0.6) is 0 Å². The summed E-state index contributed by atoms with van der Waals surface area (Å²) in [5, 5.41) is 26.4. The van der Waals surface area contributed by atoms with E-state index in [-0.39, 0.29) is 47.5 Å². The molecule has 1 saturated heterocycles. The molecule has 2 aromatic rings. The number of carbonyl (C=O) groups is 4. The molecule has 0 aromatic carbocycles. The molecule has 3 heterocycles. The maximum atomic E-state index is 12.7. The highest BCUT2D eigenvalue weighted by atomic mass is 32.2. The van der Waals surface area contributed by atoms with Gasteiger partial charge >= 0.3 is 23.5 Å². The third-order valence-corrected chi connectivity index (χ3v) is 14.9. The van der Waals surface area contributed by atoms with Crippen LogP contribution < -0.4 is 16.4 Å². The van der Waals surface area contributed by atoms with Crippen LogP contribution in [0.3, 0.4) is 0 Å². The van der Waals surface area contributed by atoms with Gasteiger partial charge in [-0.3, -0.25) is 37.3 Å². The van der Waals surface area contributed by atoms with Crippen LogP contribution in [0.1, 0.15) is 91.2 Å². The minimum Gasteiger partial charge on any atom is -0.386 e. The fourth-order valence-electron chi connectivity index (χ4n) is 7.41. The lowest BCUT2D eigenvalue weighted by atomic mass is 9.87. The lowest BCUT2D eigenvalue weighted by Gasteiger charge is -2.30. The van der Waals surface area contributed by atoms with E-state index in [2.05, 4.69) is 53.5 Å². The van der Waals surface area contributed by atoms with Crippen molar-refractivity contribution in [1.29, 1.82) is 0 Å². The number of carbonyl (C=O) groups excluding carboxylic acids is 4. The second-order valence-corrected chi connectivity index (χ2v) is 22.1. The Hall–Kier alpha value is -3.29. The smallest absolute Gasteiger partial charge is 0.386 e. The number of hydrogen-bond acceptors (Lipinski definition) is 19. The Morgan fingerprint density at radius 3 is 2.49 bits per heavy atom. The molecule has 2 aliphatic rings. The molecule has 29 heteroatoms. The second-order valence-electron chi connectivity index (χ2n) is 16.8. The quantitative estimate of drug-likeness (QED) is 0.0244. The molecule has 0 spiro atoms. The zero-order valence-corrected chi connectivity index (χ0v) is 41.3. The zero-order valence-electron chi connectivity index (χ0n) is 37.8. The number of nitrogen functional groups attached to an aromatic ring is 1. The van der Waals surface area contributed by atoms with Gasteiger partial charge in [0.2, 0.25) is 16.9 Å². The Morgan fingerprint density at radius 1 is 1.03 bits per heavy atom. The van der Waals surface area contributed by atoms with E-state index in [4.69, 9.17) is 19.5 Å². The van der Waals surface area contributed by atoms with Crippen molar-refractivity contribution in [3.8, 4) is 0 Å². The number of anilines is 1. The van der Waals surface area contributed by atoms with Gasteiger partial charge in [0.05, 0.1) is 19.5 Å². The summed E-state index contributed by atoms with van der Waals surface area (Å²) in [6.45, 7) is 2.52. The average molecular weight is 1040 g/mol. The molecule has 2 fully saturated rings. The van der Waals surface area contributed by atoms with Gasteiger partial charge in [0.1, 0.15) is 42.0 Å². The Kier molecular flexibility index (Phi) is 22.1. The number of imidazole rings is 1. The number of aliphatic hydroxyl groups excluding tert-OH is 2. The lowest BCUT2D eigenvalue weighted by molar-refractivity contribution is -0.137.